The lowest BCUT2D eigenvalue weighted by molar-refractivity contribution is -0.131. The first-order valence-corrected chi connectivity index (χ1v) is 9.45. The number of Topliss-reactive ketones (excluding diaryl/α,β-unsaturated/α-hetero) is 1. The number of imidazole rings is 1. The SMILES string of the molecule is Cl.Cn1ccnc1C1CNCCN1C(=O)CSCC(=O)c1ccccc1. The van der Waals surface area contributed by atoms with Gasteiger partial charge in [-0.15, -0.1) is 24.2 Å². The zero-order chi connectivity index (χ0) is 17.6. The molecule has 0 spiro atoms. The molecule has 2 heterocycles. The molecule has 1 aromatic carbocycles. The number of carbonyl (C=O) groups excluding carboxylic acids is 2. The van der Waals surface area contributed by atoms with Crippen LogP contribution in [0.15, 0.2) is 42.7 Å². The number of hydrogen-bond acceptors (Lipinski definition) is 5. The number of rotatable bonds is 6. The van der Waals surface area contributed by atoms with Crippen molar-refractivity contribution in [3.05, 3.63) is 54.1 Å². The van der Waals surface area contributed by atoms with Crippen LogP contribution >= 0.6 is 24.2 Å². The van der Waals surface area contributed by atoms with Gasteiger partial charge in [0.2, 0.25) is 5.91 Å². The summed E-state index contributed by atoms with van der Waals surface area (Å²) in [5.41, 5.74) is 0.690. The molecule has 0 aliphatic carbocycles. The van der Waals surface area contributed by atoms with Crippen molar-refractivity contribution in [1.29, 1.82) is 0 Å². The third-order valence-corrected chi connectivity index (χ3v) is 5.19. The van der Waals surface area contributed by atoms with Gasteiger partial charge in [0.25, 0.3) is 0 Å². The lowest BCUT2D eigenvalue weighted by Gasteiger charge is -2.35. The van der Waals surface area contributed by atoms with Gasteiger partial charge in [0.05, 0.1) is 11.5 Å². The molecule has 1 unspecified atom stereocenters. The summed E-state index contributed by atoms with van der Waals surface area (Å²) < 4.78 is 1.95. The Hall–Kier alpha value is -1.83. The van der Waals surface area contributed by atoms with Crippen LogP contribution in [0.2, 0.25) is 0 Å². The Labute approximate surface area is 163 Å². The largest absolute Gasteiger partial charge is 0.336 e. The van der Waals surface area contributed by atoms with Gasteiger partial charge in [0, 0.05) is 44.6 Å². The minimum Gasteiger partial charge on any atom is -0.336 e. The highest BCUT2D eigenvalue weighted by Crippen LogP contribution is 2.21. The van der Waals surface area contributed by atoms with Crippen LogP contribution in [0, 0.1) is 0 Å². The van der Waals surface area contributed by atoms with E-state index in [1.54, 1.807) is 18.3 Å². The van der Waals surface area contributed by atoms with Crippen molar-refractivity contribution in [2.24, 2.45) is 7.05 Å². The van der Waals surface area contributed by atoms with Gasteiger partial charge in [-0.25, -0.2) is 4.98 Å². The fourth-order valence-corrected chi connectivity index (χ4v) is 3.75. The fraction of sp³-hybridized carbons (Fsp3) is 0.389. The lowest BCUT2D eigenvalue weighted by atomic mass is 10.1. The van der Waals surface area contributed by atoms with E-state index in [9.17, 15) is 9.59 Å². The predicted octanol–water partition coefficient (Wildman–Crippen LogP) is 1.93. The number of ketones is 1. The third kappa shape index (κ3) is 4.87. The van der Waals surface area contributed by atoms with E-state index in [-0.39, 0.29) is 30.1 Å². The maximum atomic E-state index is 12.7. The second-order valence-electron chi connectivity index (χ2n) is 5.99. The van der Waals surface area contributed by atoms with E-state index in [1.165, 1.54) is 11.8 Å². The van der Waals surface area contributed by atoms with Gasteiger partial charge in [-0.2, -0.15) is 0 Å². The number of aromatic nitrogens is 2. The van der Waals surface area contributed by atoms with Crippen molar-refractivity contribution < 1.29 is 9.59 Å². The number of aryl methyl sites for hydroxylation is 1. The first-order valence-electron chi connectivity index (χ1n) is 8.30. The highest BCUT2D eigenvalue weighted by atomic mass is 35.5. The molecule has 1 aliphatic rings. The van der Waals surface area contributed by atoms with E-state index in [4.69, 9.17) is 0 Å². The maximum absolute atomic E-state index is 12.7. The Morgan fingerprint density at radius 2 is 2.04 bits per heavy atom. The van der Waals surface area contributed by atoms with Gasteiger partial charge in [0.1, 0.15) is 11.9 Å². The number of nitrogens with zero attached hydrogens (tertiary/aromatic N) is 3. The van der Waals surface area contributed by atoms with E-state index >= 15 is 0 Å². The molecule has 1 aromatic heterocycles. The van der Waals surface area contributed by atoms with Crippen molar-refractivity contribution >= 4 is 35.9 Å². The first-order chi connectivity index (χ1) is 12.2. The smallest absolute Gasteiger partial charge is 0.233 e. The summed E-state index contributed by atoms with van der Waals surface area (Å²) in [4.78, 5) is 31.1. The Kier molecular flexibility index (Phi) is 7.68. The topological polar surface area (TPSA) is 67.2 Å². The number of halogens is 1. The predicted molar refractivity (Wildman–Crippen MR) is 106 cm³/mol. The average Bonchev–Trinajstić information content (AvgIpc) is 3.08. The minimum atomic E-state index is -0.0633. The number of amides is 1. The molecule has 1 aliphatic heterocycles. The van der Waals surface area contributed by atoms with E-state index < -0.39 is 0 Å². The average molecular weight is 395 g/mol. The molecule has 2 aromatic rings. The van der Waals surface area contributed by atoms with Crippen molar-refractivity contribution in [3.8, 4) is 0 Å². The summed E-state index contributed by atoms with van der Waals surface area (Å²) >= 11 is 1.37. The Morgan fingerprint density at radius 1 is 1.27 bits per heavy atom. The quantitative estimate of drug-likeness (QED) is 0.758. The van der Waals surface area contributed by atoms with Crippen LogP contribution in [0.4, 0.5) is 0 Å². The molecule has 3 rings (SSSR count). The molecule has 1 amide bonds. The number of nitrogens with one attached hydrogen (secondary N) is 1. The summed E-state index contributed by atoms with van der Waals surface area (Å²) in [5, 5.41) is 3.32. The minimum absolute atomic E-state index is 0. The summed E-state index contributed by atoms with van der Waals surface area (Å²) in [7, 11) is 1.94. The normalized spacial score (nSPS) is 16.8. The van der Waals surface area contributed by atoms with E-state index in [1.807, 2.05) is 40.9 Å². The van der Waals surface area contributed by atoms with E-state index in [2.05, 4.69) is 10.3 Å². The first kappa shape index (κ1) is 20.5. The van der Waals surface area contributed by atoms with Crippen molar-refractivity contribution in [3.63, 3.8) is 0 Å². The van der Waals surface area contributed by atoms with Gasteiger partial charge < -0.3 is 14.8 Å². The van der Waals surface area contributed by atoms with E-state index in [0.29, 0.717) is 30.2 Å². The Balaban J connectivity index is 0.00000243. The zero-order valence-corrected chi connectivity index (χ0v) is 16.3. The zero-order valence-electron chi connectivity index (χ0n) is 14.6. The molecule has 140 valence electrons. The molecule has 8 heteroatoms. The van der Waals surface area contributed by atoms with Gasteiger partial charge in [0.15, 0.2) is 5.78 Å². The number of piperazine rings is 1. The monoisotopic (exact) mass is 394 g/mol. The van der Waals surface area contributed by atoms with Crippen LogP contribution in [0.25, 0.3) is 0 Å². The third-order valence-electron chi connectivity index (χ3n) is 4.27. The molecule has 1 N–H and O–H groups in total. The van der Waals surface area contributed by atoms with E-state index in [0.717, 1.165) is 12.4 Å². The number of carbonyl (C=O) groups is 2. The molecule has 1 fully saturated rings. The van der Waals surface area contributed by atoms with Crippen LogP contribution in [0.5, 0.6) is 0 Å². The highest BCUT2D eigenvalue weighted by molar-refractivity contribution is 8.00. The summed E-state index contributed by atoms with van der Waals surface area (Å²) in [6.07, 6.45) is 3.64. The van der Waals surface area contributed by atoms with Crippen molar-refractivity contribution in [2.75, 3.05) is 31.1 Å². The second-order valence-corrected chi connectivity index (χ2v) is 6.97. The van der Waals surface area contributed by atoms with Crippen LogP contribution in [-0.4, -0.2) is 57.3 Å². The lowest BCUT2D eigenvalue weighted by Crippen LogP contribution is -2.50. The summed E-state index contributed by atoms with van der Waals surface area (Å²) in [6, 6.07) is 9.13. The molecule has 1 atom stereocenters. The number of benzene rings is 1. The number of thioether (sulfide) groups is 1. The standard InChI is InChI=1S/C18H22N4O2S.ClH/c1-21-9-8-20-18(21)15-11-19-7-10-22(15)17(24)13-25-12-16(23)14-5-3-2-4-6-14;/h2-6,8-9,15,19H,7,10-13H2,1H3;1H. The van der Waals surface area contributed by atoms with Crippen LogP contribution in [0.3, 0.4) is 0 Å². The molecular weight excluding hydrogens is 372 g/mol. The van der Waals surface area contributed by atoms with Crippen LogP contribution in [-0.2, 0) is 11.8 Å². The highest BCUT2D eigenvalue weighted by Gasteiger charge is 2.30. The summed E-state index contributed by atoms with van der Waals surface area (Å²) in [5.74, 6) is 1.61. The molecule has 0 saturated carbocycles. The fourth-order valence-electron chi connectivity index (χ4n) is 2.95. The Bertz CT molecular complexity index is 738. The maximum Gasteiger partial charge on any atom is 0.233 e. The molecule has 1 saturated heterocycles. The molecular formula is C18H23ClN4O2S. The molecule has 26 heavy (non-hydrogen) atoms. The van der Waals surface area contributed by atoms with Gasteiger partial charge in [-0.1, -0.05) is 30.3 Å². The number of hydrogen-bond donors (Lipinski definition) is 1. The molecule has 0 radical (unpaired) electrons. The van der Waals surface area contributed by atoms with Gasteiger partial charge in [-0.3, -0.25) is 9.59 Å². The van der Waals surface area contributed by atoms with Crippen LogP contribution < -0.4 is 5.32 Å². The van der Waals surface area contributed by atoms with Crippen molar-refractivity contribution in [2.45, 2.75) is 6.04 Å². The second kappa shape index (κ2) is 9.75. The van der Waals surface area contributed by atoms with Crippen LogP contribution in [0.1, 0.15) is 22.2 Å². The molecule has 0 bridgehead atoms. The van der Waals surface area contributed by atoms with Gasteiger partial charge >= 0.3 is 0 Å². The summed E-state index contributed by atoms with van der Waals surface area (Å²) in [6.45, 7) is 2.13. The Morgan fingerprint density at radius 3 is 2.73 bits per heavy atom. The molecule has 6 nitrogen and oxygen atoms in total. The van der Waals surface area contributed by atoms with Gasteiger partial charge in [-0.05, 0) is 0 Å². The van der Waals surface area contributed by atoms with Crippen molar-refractivity contribution in [1.82, 2.24) is 19.8 Å².